The topological polar surface area (TPSA) is 95.3 Å². The lowest BCUT2D eigenvalue weighted by molar-refractivity contribution is -0.136. The van der Waals surface area contributed by atoms with Crippen molar-refractivity contribution in [3.63, 3.8) is 0 Å². The van der Waals surface area contributed by atoms with E-state index in [1.165, 1.54) is 0 Å². The van der Waals surface area contributed by atoms with E-state index in [9.17, 15) is 4.79 Å². The Morgan fingerprint density at radius 1 is 1.58 bits per heavy atom. The van der Waals surface area contributed by atoms with E-state index in [0.717, 1.165) is 5.56 Å². The molecule has 0 atom stereocenters. The van der Waals surface area contributed by atoms with Gasteiger partial charge in [0.05, 0.1) is 13.5 Å². The minimum atomic E-state index is -0.872. The fourth-order valence-electron chi connectivity index (χ4n) is 1.59. The van der Waals surface area contributed by atoms with E-state index in [2.05, 4.69) is 10.0 Å². The van der Waals surface area contributed by atoms with Crippen LogP contribution in [0.3, 0.4) is 0 Å². The number of ether oxygens (including phenoxy) is 1. The Morgan fingerprint density at radius 3 is 3.00 bits per heavy atom. The van der Waals surface area contributed by atoms with Crippen molar-refractivity contribution in [2.45, 2.75) is 12.8 Å². The van der Waals surface area contributed by atoms with Gasteiger partial charge in [0.25, 0.3) is 0 Å². The van der Waals surface area contributed by atoms with E-state index in [1.807, 2.05) is 12.2 Å². The molecule has 1 aromatic rings. The number of methoxy groups -OCH3 is 1. The second kappa shape index (κ2) is 7.79. The minimum Gasteiger partial charge on any atom is -0.496 e. The molecule has 0 bridgehead atoms. The lowest BCUT2D eigenvalue weighted by Crippen LogP contribution is -2.00. The van der Waals surface area contributed by atoms with Crippen LogP contribution in [-0.2, 0) is 11.2 Å². The smallest absolute Gasteiger partial charge is 0.307 e. The lowest BCUT2D eigenvalue weighted by Gasteiger charge is -2.06. The van der Waals surface area contributed by atoms with Crippen molar-refractivity contribution < 1.29 is 14.6 Å². The van der Waals surface area contributed by atoms with Crippen LogP contribution in [0.25, 0.3) is 16.5 Å². The van der Waals surface area contributed by atoms with E-state index >= 15 is 0 Å². The number of hydrogen-bond donors (Lipinski definition) is 1. The molecule has 19 heavy (non-hydrogen) atoms. The lowest BCUT2D eigenvalue weighted by atomic mass is 10.1. The molecular formula is C13H15N3O3. The number of benzene rings is 1. The molecule has 0 amide bonds. The number of carbonyl (C=O) groups is 1. The zero-order chi connectivity index (χ0) is 14.1. The van der Waals surface area contributed by atoms with Crippen LogP contribution >= 0.6 is 0 Å². The highest BCUT2D eigenvalue weighted by atomic mass is 16.5. The van der Waals surface area contributed by atoms with Crippen LogP contribution in [0, 0.1) is 0 Å². The van der Waals surface area contributed by atoms with Crippen LogP contribution in [0.5, 0.6) is 5.75 Å². The highest BCUT2D eigenvalue weighted by Gasteiger charge is 2.04. The Kier molecular flexibility index (Phi) is 5.98. The summed E-state index contributed by atoms with van der Waals surface area (Å²) < 4.78 is 5.20. The number of carboxylic acid groups (broad SMARTS) is 1. The number of nitrogens with zero attached hydrogens (tertiary/aromatic N) is 3. The molecule has 0 unspecified atom stereocenters. The van der Waals surface area contributed by atoms with Crippen LogP contribution in [0.4, 0.5) is 0 Å². The molecule has 0 spiro atoms. The Labute approximate surface area is 110 Å². The highest BCUT2D eigenvalue weighted by molar-refractivity contribution is 5.71. The molecule has 0 aromatic heterocycles. The van der Waals surface area contributed by atoms with Crippen LogP contribution in [0.1, 0.15) is 17.5 Å². The number of rotatable bonds is 7. The van der Waals surface area contributed by atoms with E-state index in [1.54, 1.807) is 25.3 Å². The van der Waals surface area contributed by atoms with Gasteiger partial charge in [0.2, 0.25) is 0 Å². The summed E-state index contributed by atoms with van der Waals surface area (Å²) in [5.41, 5.74) is 9.66. The maximum atomic E-state index is 10.7. The Hall–Kier alpha value is -2.46. The van der Waals surface area contributed by atoms with Crippen molar-refractivity contribution in [2.24, 2.45) is 5.11 Å². The van der Waals surface area contributed by atoms with Gasteiger partial charge < -0.3 is 9.84 Å². The van der Waals surface area contributed by atoms with Gasteiger partial charge in [-0.3, -0.25) is 4.79 Å². The Balaban J connectivity index is 2.83. The SMILES string of the molecule is COc1ccc(CC(=O)O)cc1C=CCCN=[N+]=[N-]. The number of azide groups is 1. The van der Waals surface area contributed by atoms with Crippen molar-refractivity contribution in [1.29, 1.82) is 0 Å². The fraction of sp³-hybridized carbons (Fsp3) is 0.308. The Morgan fingerprint density at radius 2 is 2.37 bits per heavy atom. The predicted octanol–water partition coefficient (Wildman–Crippen LogP) is 3.04. The van der Waals surface area contributed by atoms with Crippen LogP contribution in [-0.4, -0.2) is 24.7 Å². The molecule has 0 heterocycles. The largest absolute Gasteiger partial charge is 0.496 e. The maximum absolute atomic E-state index is 10.7. The summed E-state index contributed by atoms with van der Waals surface area (Å²) in [5.74, 6) is -0.197. The molecule has 100 valence electrons. The molecule has 0 saturated heterocycles. The second-order valence-electron chi connectivity index (χ2n) is 3.79. The van der Waals surface area contributed by atoms with Gasteiger partial charge in [-0.15, -0.1) is 0 Å². The molecule has 1 N–H and O–H groups in total. The third kappa shape index (κ3) is 5.14. The number of aliphatic carboxylic acids is 1. The van der Waals surface area contributed by atoms with Gasteiger partial charge in [0.15, 0.2) is 0 Å². The van der Waals surface area contributed by atoms with Gasteiger partial charge >= 0.3 is 5.97 Å². The molecule has 0 aliphatic rings. The molecule has 1 rings (SSSR count). The summed E-state index contributed by atoms with van der Waals surface area (Å²) >= 11 is 0. The summed E-state index contributed by atoms with van der Waals surface area (Å²) in [7, 11) is 1.56. The van der Waals surface area contributed by atoms with E-state index < -0.39 is 5.97 Å². The second-order valence-corrected chi connectivity index (χ2v) is 3.79. The molecule has 0 saturated carbocycles. The average Bonchev–Trinajstić information content (AvgIpc) is 2.38. The zero-order valence-corrected chi connectivity index (χ0v) is 10.6. The number of hydrogen-bond acceptors (Lipinski definition) is 3. The van der Waals surface area contributed by atoms with Crippen molar-refractivity contribution in [1.82, 2.24) is 0 Å². The summed E-state index contributed by atoms with van der Waals surface area (Å²) in [4.78, 5) is 13.3. The maximum Gasteiger partial charge on any atom is 0.307 e. The highest BCUT2D eigenvalue weighted by Crippen LogP contribution is 2.21. The third-order valence-electron chi connectivity index (χ3n) is 2.41. The van der Waals surface area contributed by atoms with Crippen molar-refractivity contribution in [3.8, 4) is 5.75 Å². The van der Waals surface area contributed by atoms with Crippen molar-refractivity contribution in [2.75, 3.05) is 13.7 Å². The third-order valence-corrected chi connectivity index (χ3v) is 2.41. The van der Waals surface area contributed by atoms with Crippen LogP contribution in [0.15, 0.2) is 29.4 Å². The minimum absolute atomic E-state index is 0.0242. The summed E-state index contributed by atoms with van der Waals surface area (Å²) in [5, 5.41) is 12.2. The fourth-order valence-corrected chi connectivity index (χ4v) is 1.59. The van der Waals surface area contributed by atoms with Gasteiger partial charge in [-0.1, -0.05) is 23.3 Å². The molecular weight excluding hydrogens is 246 g/mol. The standard InChI is InChI=1S/C13H15N3O3/c1-19-12-6-5-10(9-13(17)18)8-11(12)4-2-3-7-15-16-14/h2,4-6,8H,3,7,9H2,1H3,(H,17,18). The van der Waals surface area contributed by atoms with E-state index in [4.69, 9.17) is 15.4 Å². The molecule has 0 radical (unpaired) electrons. The van der Waals surface area contributed by atoms with Gasteiger partial charge in [-0.2, -0.15) is 0 Å². The van der Waals surface area contributed by atoms with E-state index in [0.29, 0.717) is 24.3 Å². The van der Waals surface area contributed by atoms with Gasteiger partial charge in [0.1, 0.15) is 5.75 Å². The monoisotopic (exact) mass is 261 g/mol. The molecule has 0 aliphatic carbocycles. The first-order chi connectivity index (χ1) is 9.17. The van der Waals surface area contributed by atoms with Crippen LogP contribution in [0.2, 0.25) is 0 Å². The molecule has 0 aliphatic heterocycles. The summed E-state index contributed by atoms with van der Waals surface area (Å²) in [6, 6.07) is 5.24. The van der Waals surface area contributed by atoms with Crippen molar-refractivity contribution >= 4 is 12.0 Å². The Bertz CT molecular complexity index is 520. The van der Waals surface area contributed by atoms with Crippen molar-refractivity contribution in [3.05, 3.63) is 45.8 Å². The first kappa shape index (κ1) is 14.6. The zero-order valence-electron chi connectivity index (χ0n) is 10.6. The van der Waals surface area contributed by atoms with Gasteiger partial charge in [-0.25, -0.2) is 0 Å². The number of carboxylic acids is 1. The summed E-state index contributed by atoms with van der Waals surface area (Å²) in [6.45, 7) is 0.393. The van der Waals surface area contributed by atoms with Crippen LogP contribution < -0.4 is 4.74 Å². The average molecular weight is 261 g/mol. The van der Waals surface area contributed by atoms with Gasteiger partial charge in [-0.05, 0) is 29.6 Å². The predicted molar refractivity (Wildman–Crippen MR) is 72.0 cm³/mol. The molecule has 1 aromatic carbocycles. The van der Waals surface area contributed by atoms with Gasteiger partial charge in [0, 0.05) is 17.0 Å². The molecule has 0 fully saturated rings. The normalized spacial score (nSPS) is 10.2. The summed E-state index contributed by atoms with van der Waals surface area (Å²) in [6.07, 6.45) is 4.29. The molecule has 6 heteroatoms. The molecule has 6 nitrogen and oxygen atoms in total. The van der Waals surface area contributed by atoms with E-state index in [-0.39, 0.29) is 6.42 Å². The quantitative estimate of drug-likeness (QED) is 0.353. The first-order valence-corrected chi connectivity index (χ1v) is 5.73. The first-order valence-electron chi connectivity index (χ1n) is 5.73.